The molecule has 0 atom stereocenters. The van der Waals surface area contributed by atoms with Gasteiger partial charge < -0.3 is 14.2 Å². The summed E-state index contributed by atoms with van der Waals surface area (Å²) in [6.45, 7) is 11.5. The van der Waals surface area contributed by atoms with Crippen LogP contribution >= 0.6 is 0 Å². The number of H-pyrrole nitrogens is 1. The summed E-state index contributed by atoms with van der Waals surface area (Å²) in [6.07, 6.45) is 7.20. The summed E-state index contributed by atoms with van der Waals surface area (Å²) in [5, 5.41) is 14.3. The van der Waals surface area contributed by atoms with E-state index in [9.17, 15) is 4.79 Å². The van der Waals surface area contributed by atoms with Gasteiger partial charge >= 0.3 is 0 Å². The number of aldehydes is 1. The van der Waals surface area contributed by atoms with Crippen LogP contribution in [0.3, 0.4) is 0 Å². The van der Waals surface area contributed by atoms with Crippen molar-refractivity contribution in [2.24, 2.45) is 0 Å². The van der Waals surface area contributed by atoms with Crippen molar-refractivity contribution >= 4 is 36.4 Å². The van der Waals surface area contributed by atoms with Gasteiger partial charge in [0.25, 0.3) is 0 Å². The molecule has 5 heterocycles. The molecular formula is C50H53N7O4Si. The highest BCUT2D eigenvalue weighted by atomic mass is 28.3. The highest BCUT2D eigenvalue weighted by molar-refractivity contribution is 6.76. The van der Waals surface area contributed by atoms with E-state index in [1.54, 1.807) is 20.3 Å². The molecule has 0 saturated carbocycles. The van der Waals surface area contributed by atoms with Gasteiger partial charge in [-0.2, -0.15) is 10.2 Å². The predicted molar refractivity (Wildman–Crippen MR) is 250 cm³/mol. The van der Waals surface area contributed by atoms with E-state index in [1.807, 2.05) is 83.8 Å². The first-order valence-electron chi connectivity index (χ1n) is 21.1. The number of benzene rings is 4. The number of para-hydroxylation sites is 2. The zero-order chi connectivity index (χ0) is 43.1. The molecule has 1 saturated heterocycles. The van der Waals surface area contributed by atoms with E-state index in [0.29, 0.717) is 24.5 Å². The Balaban J connectivity index is 0.000000172. The summed E-state index contributed by atoms with van der Waals surface area (Å²) in [6, 6.07) is 37.4. The van der Waals surface area contributed by atoms with Gasteiger partial charge in [-0.25, -0.2) is 14.6 Å². The molecule has 8 aromatic rings. The molecule has 1 fully saturated rings. The molecule has 1 aliphatic rings. The smallest absolute Gasteiger partial charge is 0.181 e. The van der Waals surface area contributed by atoms with Crippen molar-refractivity contribution in [2.45, 2.75) is 51.8 Å². The minimum absolute atomic E-state index is 0.336. The van der Waals surface area contributed by atoms with Crippen molar-refractivity contribution in [1.29, 1.82) is 0 Å². The largest absolute Gasteiger partial charge is 0.496 e. The number of aromatic nitrogens is 6. The van der Waals surface area contributed by atoms with Crippen molar-refractivity contribution in [3.63, 3.8) is 0 Å². The third-order valence-electron chi connectivity index (χ3n) is 11.2. The van der Waals surface area contributed by atoms with E-state index in [2.05, 4.69) is 76.1 Å². The maximum atomic E-state index is 11.2. The number of nitrogens with one attached hydrogen (secondary N) is 1. The third kappa shape index (κ3) is 9.68. The minimum atomic E-state index is -1.17. The van der Waals surface area contributed by atoms with Crippen molar-refractivity contribution < 1.29 is 19.0 Å². The SMILES string of the molecule is COc1ccccc1-c1[nH]nc2ncc(-c3cccc(CN4CCCC4)c3)cc12.COc1ccccc1-c1nn(COCC[Si](C)(C)C)c2ncc(-c3cccc(C=O)c3)cc12. The Morgan fingerprint density at radius 1 is 0.726 bits per heavy atom. The lowest BCUT2D eigenvalue weighted by Gasteiger charge is -2.15. The quantitative estimate of drug-likeness (QED) is 0.0648. The monoisotopic (exact) mass is 843 g/mol. The molecule has 62 heavy (non-hydrogen) atoms. The average molecular weight is 844 g/mol. The molecule has 11 nitrogen and oxygen atoms in total. The number of likely N-dealkylation sites (tertiary alicyclic amines) is 1. The van der Waals surface area contributed by atoms with Crippen LogP contribution in [0.4, 0.5) is 0 Å². The second-order valence-corrected chi connectivity index (χ2v) is 22.4. The number of hydrogen-bond acceptors (Lipinski definition) is 9. The van der Waals surface area contributed by atoms with E-state index >= 15 is 0 Å². The van der Waals surface area contributed by atoms with Crippen LogP contribution in [0.1, 0.15) is 28.8 Å². The molecule has 4 aromatic carbocycles. The van der Waals surface area contributed by atoms with E-state index in [4.69, 9.17) is 24.3 Å². The van der Waals surface area contributed by atoms with E-state index < -0.39 is 8.07 Å². The molecule has 0 aliphatic carbocycles. The number of hydrogen-bond donors (Lipinski definition) is 1. The first-order chi connectivity index (χ1) is 30.2. The lowest BCUT2D eigenvalue weighted by Crippen LogP contribution is -2.22. The first kappa shape index (κ1) is 42.2. The number of fused-ring (bicyclic) bond motifs is 2. The van der Waals surface area contributed by atoms with Gasteiger partial charge in [-0.1, -0.05) is 80.3 Å². The van der Waals surface area contributed by atoms with Crippen LogP contribution in [0.5, 0.6) is 11.5 Å². The Hall–Kier alpha value is -6.47. The van der Waals surface area contributed by atoms with E-state index in [0.717, 1.165) is 86.0 Å². The highest BCUT2D eigenvalue weighted by Crippen LogP contribution is 2.37. The van der Waals surface area contributed by atoms with Crippen molar-refractivity contribution in [2.75, 3.05) is 33.9 Å². The second kappa shape index (κ2) is 19.1. The number of carbonyl (C=O) groups excluding carboxylic acids is 1. The molecular weight excluding hydrogens is 791 g/mol. The number of methoxy groups -OCH3 is 2. The molecule has 4 aromatic heterocycles. The molecule has 316 valence electrons. The van der Waals surface area contributed by atoms with Crippen LogP contribution in [0.15, 0.2) is 122 Å². The molecule has 0 bridgehead atoms. The predicted octanol–water partition coefficient (Wildman–Crippen LogP) is 10.8. The molecule has 0 unspecified atom stereocenters. The topological polar surface area (TPSA) is 120 Å². The van der Waals surface area contributed by atoms with E-state index in [-0.39, 0.29) is 0 Å². The Labute approximate surface area is 363 Å². The number of ether oxygens (including phenoxy) is 3. The Morgan fingerprint density at radius 2 is 1.39 bits per heavy atom. The molecule has 0 radical (unpaired) electrons. The fourth-order valence-corrected chi connectivity index (χ4v) is 8.59. The maximum Gasteiger partial charge on any atom is 0.181 e. The van der Waals surface area contributed by atoms with Crippen molar-refractivity contribution in [3.05, 3.63) is 133 Å². The molecule has 12 heteroatoms. The standard InChI is InChI=1S/C26H29N3O3Si.C24H24N4O/c1-31-24-11-6-5-10-22(24)25-23-15-21(20-9-7-8-19(14-20)17-30)16-27-26(23)29(28-25)18-32-12-13-33(2,3)4;1-29-22-10-3-2-9-20(22)23-21-14-19(15-25-24(21)27-26-23)18-8-6-7-17(13-18)16-28-11-4-5-12-28/h5-11,14-17H,12-13,18H2,1-4H3;2-3,6-10,13-15H,4-5,11-12,16H2,1H3,(H,25,26,27). The van der Waals surface area contributed by atoms with Crippen molar-refractivity contribution in [3.8, 4) is 56.3 Å². The number of nitrogens with zero attached hydrogens (tertiary/aromatic N) is 6. The Bertz CT molecular complexity index is 2810. The van der Waals surface area contributed by atoms with Gasteiger partial charge in [0.1, 0.15) is 30.2 Å². The number of aromatic amines is 1. The van der Waals surface area contributed by atoms with Gasteiger partial charge in [0.15, 0.2) is 11.3 Å². The third-order valence-corrected chi connectivity index (χ3v) is 12.9. The van der Waals surface area contributed by atoms with Crippen LogP contribution in [-0.4, -0.2) is 83.1 Å². The van der Waals surface area contributed by atoms with Gasteiger partial charge in [-0.15, -0.1) is 0 Å². The maximum absolute atomic E-state index is 11.2. The number of rotatable bonds is 14. The van der Waals surface area contributed by atoms with Crippen LogP contribution in [0.2, 0.25) is 25.7 Å². The molecule has 0 spiro atoms. The van der Waals surface area contributed by atoms with Gasteiger partial charge in [-0.05, 0) is 97.2 Å². The van der Waals surface area contributed by atoms with Gasteiger partial charge in [-0.3, -0.25) is 14.8 Å². The summed E-state index contributed by atoms with van der Waals surface area (Å²) in [5.74, 6) is 1.56. The van der Waals surface area contributed by atoms with Gasteiger partial charge in [0.05, 0.1) is 19.9 Å². The zero-order valence-corrected chi connectivity index (χ0v) is 37.1. The fourth-order valence-electron chi connectivity index (χ4n) is 7.83. The Kier molecular flexibility index (Phi) is 13.0. The van der Waals surface area contributed by atoms with Crippen LogP contribution in [-0.2, 0) is 18.0 Å². The highest BCUT2D eigenvalue weighted by Gasteiger charge is 2.20. The number of carbonyl (C=O) groups is 1. The summed E-state index contributed by atoms with van der Waals surface area (Å²) in [7, 11) is 2.17. The first-order valence-corrected chi connectivity index (χ1v) is 24.8. The molecule has 1 aliphatic heterocycles. The molecule has 9 rings (SSSR count). The van der Waals surface area contributed by atoms with Crippen molar-refractivity contribution in [1.82, 2.24) is 34.8 Å². The number of pyridine rings is 2. The van der Waals surface area contributed by atoms with Gasteiger partial charge in [0, 0.05) is 72.2 Å². The second-order valence-electron chi connectivity index (χ2n) is 16.8. The molecule has 1 N–H and O–H groups in total. The lowest BCUT2D eigenvalue weighted by molar-refractivity contribution is 0.0814. The van der Waals surface area contributed by atoms with Crippen LogP contribution in [0, 0.1) is 0 Å². The van der Waals surface area contributed by atoms with Crippen LogP contribution in [0.25, 0.3) is 66.8 Å². The summed E-state index contributed by atoms with van der Waals surface area (Å²) in [5.41, 5.74) is 11.2. The summed E-state index contributed by atoms with van der Waals surface area (Å²) < 4.78 is 18.9. The summed E-state index contributed by atoms with van der Waals surface area (Å²) in [4.78, 5) is 23.1. The van der Waals surface area contributed by atoms with Gasteiger partial charge in [0.2, 0.25) is 0 Å². The average Bonchev–Trinajstić information content (AvgIpc) is 4.07. The van der Waals surface area contributed by atoms with Crippen LogP contribution < -0.4 is 9.47 Å². The molecule has 0 amide bonds. The lowest BCUT2D eigenvalue weighted by atomic mass is 10.0. The zero-order valence-electron chi connectivity index (χ0n) is 36.1. The van der Waals surface area contributed by atoms with E-state index in [1.165, 1.54) is 37.1 Å². The Morgan fingerprint density at radius 3 is 2.11 bits per heavy atom. The normalized spacial score (nSPS) is 13.0. The summed E-state index contributed by atoms with van der Waals surface area (Å²) >= 11 is 0. The minimum Gasteiger partial charge on any atom is -0.496 e. The fraction of sp³-hybridized carbons (Fsp3) is 0.260.